The number of likely N-dealkylation sites (N-methyl/N-ethyl adjacent to an activating group) is 1. The molecule has 0 atom stereocenters. The molecule has 0 fully saturated rings. The van der Waals surface area contributed by atoms with Gasteiger partial charge in [0.1, 0.15) is 0 Å². The van der Waals surface area contributed by atoms with E-state index in [1.165, 1.54) is 12.1 Å². The molecule has 6 nitrogen and oxygen atoms in total. The van der Waals surface area contributed by atoms with E-state index in [9.17, 15) is 9.59 Å². The van der Waals surface area contributed by atoms with Gasteiger partial charge in [-0.1, -0.05) is 30.1 Å². The van der Waals surface area contributed by atoms with Crippen molar-refractivity contribution < 1.29 is 9.59 Å². The maximum Gasteiger partial charge on any atom is 0.238 e. The first-order chi connectivity index (χ1) is 9.33. The van der Waals surface area contributed by atoms with Crippen LogP contribution < -0.4 is 16.8 Å². The molecule has 1 rings (SSSR count). The molecular formula is C12H16Cl2N4O2. The van der Waals surface area contributed by atoms with Gasteiger partial charge in [0, 0.05) is 5.02 Å². The highest BCUT2D eigenvalue weighted by atomic mass is 35.5. The number of halogens is 2. The summed E-state index contributed by atoms with van der Waals surface area (Å²) in [4.78, 5) is 24.3. The lowest BCUT2D eigenvalue weighted by Crippen LogP contribution is -2.39. The van der Waals surface area contributed by atoms with Crippen LogP contribution in [0.4, 0.5) is 11.4 Å². The second kappa shape index (κ2) is 7.33. The van der Waals surface area contributed by atoms with E-state index >= 15 is 0 Å². The molecule has 0 aliphatic carbocycles. The first kappa shape index (κ1) is 16.6. The Hall–Kier alpha value is -1.50. The van der Waals surface area contributed by atoms with Crippen molar-refractivity contribution >= 4 is 46.4 Å². The van der Waals surface area contributed by atoms with Gasteiger partial charge < -0.3 is 16.8 Å². The SMILES string of the molecule is CCN(CC(N)=O)CC(=O)Nc1c(N)cc(Cl)cc1Cl. The van der Waals surface area contributed by atoms with Gasteiger partial charge in [0.25, 0.3) is 0 Å². The number of benzene rings is 1. The highest BCUT2D eigenvalue weighted by Gasteiger charge is 2.14. The van der Waals surface area contributed by atoms with Crippen molar-refractivity contribution in [1.29, 1.82) is 0 Å². The van der Waals surface area contributed by atoms with Crippen LogP contribution in [-0.2, 0) is 9.59 Å². The van der Waals surface area contributed by atoms with Gasteiger partial charge in [-0.05, 0) is 18.7 Å². The lowest BCUT2D eigenvalue weighted by Gasteiger charge is -2.18. The van der Waals surface area contributed by atoms with Gasteiger partial charge >= 0.3 is 0 Å². The van der Waals surface area contributed by atoms with Crippen molar-refractivity contribution in [3.8, 4) is 0 Å². The van der Waals surface area contributed by atoms with Crippen molar-refractivity contribution in [3.63, 3.8) is 0 Å². The fourth-order valence-corrected chi connectivity index (χ4v) is 2.16. The number of carbonyl (C=O) groups excluding carboxylic acids is 2. The summed E-state index contributed by atoms with van der Waals surface area (Å²) in [7, 11) is 0. The van der Waals surface area contributed by atoms with Gasteiger partial charge in [0.2, 0.25) is 11.8 Å². The van der Waals surface area contributed by atoms with Crippen molar-refractivity contribution in [2.75, 3.05) is 30.7 Å². The Labute approximate surface area is 127 Å². The fraction of sp³-hybridized carbons (Fsp3) is 0.333. The molecule has 0 saturated carbocycles. The van der Waals surface area contributed by atoms with E-state index in [0.29, 0.717) is 17.3 Å². The summed E-state index contributed by atoms with van der Waals surface area (Å²) in [5.74, 6) is -0.840. The molecule has 0 bridgehead atoms. The Bertz CT molecular complexity index is 499. The van der Waals surface area contributed by atoms with Gasteiger partial charge in [-0.3, -0.25) is 14.5 Å². The Morgan fingerprint density at radius 2 is 1.95 bits per heavy atom. The van der Waals surface area contributed by atoms with Crippen LogP contribution in [0.3, 0.4) is 0 Å². The van der Waals surface area contributed by atoms with E-state index in [1.807, 2.05) is 6.92 Å². The summed E-state index contributed by atoms with van der Waals surface area (Å²) in [6.07, 6.45) is 0. The molecule has 110 valence electrons. The zero-order valence-electron chi connectivity index (χ0n) is 11.0. The summed E-state index contributed by atoms with van der Waals surface area (Å²) in [5.41, 5.74) is 11.4. The minimum Gasteiger partial charge on any atom is -0.397 e. The van der Waals surface area contributed by atoms with Crippen molar-refractivity contribution in [1.82, 2.24) is 4.90 Å². The van der Waals surface area contributed by atoms with Crippen LogP contribution in [0.1, 0.15) is 6.92 Å². The molecule has 0 unspecified atom stereocenters. The van der Waals surface area contributed by atoms with Gasteiger partial charge in [0.05, 0.1) is 29.5 Å². The predicted octanol–water partition coefficient (Wildman–Crippen LogP) is 1.32. The molecule has 8 heteroatoms. The second-order valence-electron chi connectivity index (χ2n) is 4.17. The zero-order chi connectivity index (χ0) is 15.3. The van der Waals surface area contributed by atoms with Crippen molar-refractivity contribution in [2.24, 2.45) is 5.73 Å². The number of primary amides is 1. The van der Waals surface area contributed by atoms with Gasteiger partial charge in [0.15, 0.2) is 0 Å². The van der Waals surface area contributed by atoms with E-state index < -0.39 is 5.91 Å². The van der Waals surface area contributed by atoms with E-state index in [0.717, 1.165) is 0 Å². The number of carbonyl (C=O) groups is 2. The monoisotopic (exact) mass is 318 g/mol. The first-order valence-corrected chi connectivity index (χ1v) is 6.64. The number of hydrogen-bond acceptors (Lipinski definition) is 4. The van der Waals surface area contributed by atoms with E-state index in [4.69, 9.17) is 34.7 Å². The van der Waals surface area contributed by atoms with Crippen LogP contribution in [-0.4, -0.2) is 36.3 Å². The van der Waals surface area contributed by atoms with Crippen LogP contribution in [0.25, 0.3) is 0 Å². The zero-order valence-corrected chi connectivity index (χ0v) is 12.5. The minimum atomic E-state index is -0.497. The maximum atomic E-state index is 11.9. The summed E-state index contributed by atoms with van der Waals surface area (Å²) >= 11 is 11.8. The first-order valence-electron chi connectivity index (χ1n) is 5.88. The quantitative estimate of drug-likeness (QED) is 0.688. The lowest BCUT2D eigenvalue weighted by atomic mass is 10.2. The third kappa shape index (κ3) is 4.88. The molecule has 5 N–H and O–H groups in total. The van der Waals surface area contributed by atoms with Crippen LogP contribution >= 0.6 is 23.2 Å². The molecule has 0 aromatic heterocycles. The molecule has 0 heterocycles. The molecule has 2 amide bonds. The number of nitrogen functional groups attached to an aromatic ring is 1. The van der Waals surface area contributed by atoms with Crippen LogP contribution in [0.5, 0.6) is 0 Å². The lowest BCUT2D eigenvalue weighted by molar-refractivity contribution is -0.121. The van der Waals surface area contributed by atoms with E-state index in [1.54, 1.807) is 4.90 Å². The third-order valence-electron chi connectivity index (χ3n) is 2.54. The molecule has 0 radical (unpaired) electrons. The minimum absolute atomic E-state index is 0.00769. The third-order valence-corrected chi connectivity index (χ3v) is 3.06. The number of nitrogens with zero attached hydrogens (tertiary/aromatic N) is 1. The topological polar surface area (TPSA) is 101 Å². The van der Waals surface area contributed by atoms with Crippen LogP contribution in [0.2, 0.25) is 10.0 Å². The largest absolute Gasteiger partial charge is 0.397 e. The Kier molecular flexibility index (Phi) is 6.06. The summed E-state index contributed by atoms with van der Waals surface area (Å²) < 4.78 is 0. The number of nitrogens with one attached hydrogen (secondary N) is 1. The fourth-order valence-electron chi connectivity index (χ4n) is 1.61. The Morgan fingerprint density at radius 3 is 2.45 bits per heavy atom. The second-order valence-corrected chi connectivity index (χ2v) is 5.01. The number of hydrogen-bond donors (Lipinski definition) is 3. The van der Waals surface area contributed by atoms with Gasteiger partial charge in [-0.15, -0.1) is 0 Å². The molecule has 1 aromatic rings. The number of amides is 2. The number of rotatable bonds is 6. The van der Waals surface area contributed by atoms with Crippen molar-refractivity contribution in [2.45, 2.75) is 6.92 Å². The average Bonchev–Trinajstić information content (AvgIpc) is 2.32. The van der Waals surface area contributed by atoms with Gasteiger partial charge in [-0.25, -0.2) is 0 Å². The molecule has 20 heavy (non-hydrogen) atoms. The molecular weight excluding hydrogens is 303 g/mol. The van der Waals surface area contributed by atoms with Gasteiger partial charge in [-0.2, -0.15) is 0 Å². The Morgan fingerprint density at radius 1 is 1.30 bits per heavy atom. The standard InChI is InChI=1S/C12H16Cl2N4O2/c1-2-18(5-10(16)19)6-11(20)17-12-8(14)3-7(13)4-9(12)15/h3-4H,2,5-6,15H2,1H3,(H2,16,19)(H,17,20). The van der Waals surface area contributed by atoms with E-state index in [-0.39, 0.29) is 29.7 Å². The van der Waals surface area contributed by atoms with Crippen LogP contribution in [0, 0.1) is 0 Å². The summed E-state index contributed by atoms with van der Waals surface area (Å²) in [6, 6.07) is 2.97. The maximum absolute atomic E-state index is 11.9. The number of nitrogens with two attached hydrogens (primary N) is 2. The average molecular weight is 319 g/mol. The molecule has 1 aromatic carbocycles. The van der Waals surface area contributed by atoms with E-state index in [2.05, 4.69) is 5.32 Å². The molecule has 0 aliphatic heterocycles. The number of anilines is 2. The van der Waals surface area contributed by atoms with Crippen molar-refractivity contribution in [3.05, 3.63) is 22.2 Å². The highest BCUT2D eigenvalue weighted by Crippen LogP contribution is 2.31. The summed E-state index contributed by atoms with van der Waals surface area (Å²) in [5, 5.41) is 3.23. The smallest absolute Gasteiger partial charge is 0.238 e. The highest BCUT2D eigenvalue weighted by molar-refractivity contribution is 6.37. The summed E-state index contributed by atoms with van der Waals surface area (Å²) in [6.45, 7) is 2.35. The Balaban J connectivity index is 2.73. The molecule has 0 saturated heterocycles. The van der Waals surface area contributed by atoms with Crippen LogP contribution in [0.15, 0.2) is 12.1 Å². The predicted molar refractivity (Wildman–Crippen MR) is 80.8 cm³/mol. The molecule has 0 spiro atoms. The molecule has 0 aliphatic rings. The normalized spacial score (nSPS) is 10.6.